The van der Waals surface area contributed by atoms with Crippen molar-refractivity contribution in [1.29, 1.82) is 0 Å². The Morgan fingerprint density at radius 2 is 2.25 bits per heavy atom. The maximum Gasteiger partial charge on any atom is 0.328 e. The van der Waals surface area contributed by atoms with Gasteiger partial charge < -0.3 is 25.2 Å². The average molecular weight is 280 g/mol. The van der Waals surface area contributed by atoms with Gasteiger partial charge in [-0.15, -0.1) is 0 Å². The quantitative estimate of drug-likeness (QED) is 0.730. The summed E-state index contributed by atoms with van der Waals surface area (Å²) in [4.78, 5) is 22.7. The van der Waals surface area contributed by atoms with E-state index in [1.165, 1.54) is 7.11 Å². The van der Waals surface area contributed by atoms with Crippen LogP contribution >= 0.6 is 0 Å². The molecule has 1 aliphatic rings. The van der Waals surface area contributed by atoms with E-state index in [1.807, 2.05) is 24.3 Å². The molecule has 1 aromatic rings. The van der Waals surface area contributed by atoms with Gasteiger partial charge in [-0.2, -0.15) is 0 Å². The van der Waals surface area contributed by atoms with Gasteiger partial charge in [0.1, 0.15) is 12.4 Å². The summed E-state index contributed by atoms with van der Waals surface area (Å²) < 4.78 is 10.2. The zero-order valence-electron chi connectivity index (χ0n) is 11.0. The first kappa shape index (κ1) is 14.1. The van der Waals surface area contributed by atoms with Crippen LogP contribution in [0.25, 0.3) is 0 Å². The summed E-state index contributed by atoms with van der Waals surface area (Å²) in [5.41, 5.74) is 0.876. The third-order valence-corrected chi connectivity index (χ3v) is 2.94. The lowest BCUT2D eigenvalue weighted by atomic mass is 10.1. The molecule has 2 rings (SSSR count). The van der Waals surface area contributed by atoms with Crippen LogP contribution in [0.5, 0.6) is 5.75 Å². The number of methoxy groups -OCH3 is 1. The molecule has 1 aromatic carbocycles. The highest BCUT2D eigenvalue weighted by Gasteiger charge is 2.27. The van der Waals surface area contributed by atoms with Crippen molar-refractivity contribution in [2.24, 2.45) is 0 Å². The molecule has 0 spiro atoms. The van der Waals surface area contributed by atoms with Gasteiger partial charge in [-0.1, -0.05) is 18.2 Å². The van der Waals surface area contributed by atoms with Gasteiger partial charge in [-0.05, 0) is 6.07 Å². The molecule has 3 N–H and O–H groups in total. The molecule has 0 bridgehead atoms. The number of carboxylic acid groups (broad SMARTS) is 1. The lowest BCUT2D eigenvalue weighted by Gasteiger charge is -2.16. The Morgan fingerprint density at radius 3 is 2.95 bits per heavy atom. The summed E-state index contributed by atoms with van der Waals surface area (Å²) in [6.45, 7) is 0.231. The molecule has 1 aliphatic heterocycles. The highest BCUT2D eigenvalue weighted by atomic mass is 16.5. The first-order valence-corrected chi connectivity index (χ1v) is 6.12. The van der Waals surface area contributed by atoms with Crippen molar-refractivity contribution in [2.45, 2.75) is 12.1 Å². The minimum atomic E-state index is -1.15. The van der Waals surface area contributed by atoms with Gasteiger partial charge in [0, 0.05) is 12.7 Å². The topological polar surface area (TPSA) is 96.9 Å². The Labute approximate surface area is 115 Å². The smallest absolute Gasteiger partial charge is 0.328 e. The molecular formula is C13H16N2O5. The summed E-state index contributed by atoms with van der Waals surface area (Å²) in [5.74, 6) is -0.422. The normalized spacial score (nSPS) is 17.8. The number of hydrogen-bond acceptors (Lipinski definition) is 4. The fraction of sp³-hybridized carbons (Fsp3) is 0.385. The summed E-state index contributed by atoms with van der Waals surface area (Å²) >= 11 is 0. The monoisotopic (exact) mass is 280 g/mol. The van der Waals surface area contributed by atoms with Crippen LogP contribution in [0.2, 0.25) is 0 Å². The predicted molar refractivity (Wildman–Crippen MR) is 69.6 cm³/mol. The van der Waals surface area contributed by atoms with Crippen LogP contribution in [0.4, 0.5) is 4.79 Å². The molecule has 7 heteroatoms. The van der Waals surface area contributed by atoms with Crippen LogP contribution in [0.15, 0.2) is 24.3 Å². The van der Waals surface area contributed by atoms with Gasteiger partial charge in [0.2, 0.25) is 0 Å². The zero-order chi connectivity index (χ0) is 14.5. The molecule has 0 aliphatic carbocycles. The number of fused-ring (bicyclic) bond motifs is 1. The lowest BCUT2D eigenvalue weighted by molar-refractivity contribution is -0.140. The molecule has 0 saturated heterocycles. The second-order valence-corrected chi connectivity index (χ2v) is 4.37. The zero-order valence-corrected chi connectivity index (χ0v) is 11.0. The van der Waals surface area contributed by atoms with E-state index in [-0.39, 0.29) is 12.6 Å². The third-order valence-electron chi connectivity index (χ3n) is 2.94. The van der Waals surface area contributed by atoms with Gasteiger partial charge in [0.15, 0.2) is 6.04 Å². The predicted octanol–water partition coefficient (Wildman–Crippen LogP) is 0.519. The molecule has 2 unspecified atom stereocenters. The average Bonchev–Trinajstić information content (AvgIpc) is 2.81. The van der Waals surface area contributed by atoms with Crippen LogP contribution in [-0.2, 0) is 9.53 Å². The van der Waals surface area contributed by atoms with E-state index >= 15 is 0 Å². The van der Waals surface area contributed by atoms with E-state index in [0.29, 0.717) is 6.61 Å². The Hall–Kier alpha value is -2.28. The number of ether oxygens (including phenoxy) is 2. The minimum Gasteiger partial charge on any atom is -0.491 e. The first-order valence-electron chi connectivity index (χ1n) is 6.12. The van der Waals surface area contributed by atoms with Crippen molar-refractivity contribution in [3.8, 4) is 5.75 Å². The lowest BCUT2D eigenvalue weighted by Crippen LogP contribution is -2.49. The van der Waals surface area contributed by atoms with Gasteiger partial charge >= 0.3 is 12.0 Å². The van der Waals surface area contributed by atoms with E-state index < -0.39 is 18.0 Å². The molecule has 0 saturated carbocycles. The highest BCUT2D eigenvalue weighted by molar-refractivity contribution is 5.82. The van der Waals surface area contributed by atoms with E-state index in [2.05, 4.69) is 10.6 Å². The van der Waals surface area contributed by atoms with Crippen LogP contribution < -0.4 is 15.4 Å². The first-order chi connectivity index (χ1) is 9.61. The molecule has 0 radical (unpaired) electrons. The second-order valence-electron chi connectivity index (χ2n) is 4.37. The number of rotatable bonds is 5. The SMILES string of the molecule is COCC(NC(=O)NC1COc2ccccc21)C(=O)O. The van der Waals surface area contributed by atoms with Crippen molar-refractivity contribution in [3.63, 3.8) is 0 Å². The molecule has 0 aromatic heterocycles. The summed E-state index contributed by atoms with van der Waals surface area (Å²) in [5, 5.41) is 14.0. The number of amides is 2. The molecule has 2 atom stereocenters. The number of hydrogen-bond donors (Lipinski definition) is 3. The Kier molecular flexibility index (Phi) is 4.41. The van der Waals surface area contributed by atoms with Crippen molar-refractivity contribution >= 4 is 12.0 Å². The number of carbonyl (C=O) groups excluding carboxylic acids is 1. The van der Waals surface area contributed by atoms with Gasteiger partial charge in [-0.25, -0.2) is 9.59 Å². The molecule has 20 heavy (non-hydrogen) atoms. The summed E-state index contributed by atoms with van der Waals surface area (Å²) in [6, 6.07) is 5.43. The Balaban J connectivity index is 1.94. The molecule has 0 fully saturated rings. The molecular weight excluding hydrogens is 264 g/mol. The van der Waals surface area contributed by atoms with E-state index in [1.54, 1.807) is 0 Å². The maximum atomic E-state index is 11.8. The second kappa shape index (κ2) is 6.25. The Bertz CT molecular complexity index is 505. The van der Waals surface area contributed by atoms with Gasteiger partial charge in [0.25, 0.3) is 0 Å². The van der Waals surface area contributed by atoms with Crippen LogP contribution in [0.1, 0.15) is 11.6 Å². The summed E-state index contributed by atoms with van der Waals surface area (Å²) in [7, 11) is 1.37. The summed E-state index contributed by atoms with van der Waals surface area (Å²) in [6.07, 6.45) is 0. The number of nitrogens with one attached hydrogen (secondary N) is 2. The van der Waals surface area contributed by atoms with Crippen molar-refractivity contribution in [1.82, 2.24) is 10.6 Å². The highest BCUT2D eigenvalue weighted by Crippen LogP contribution is 2.31. The van der Waals surface area contributed by atoms with Crippen molar-refractivity contribution in [3.05, 3.63) is 29.8 Å². The fourth-order valence-electron chi connectivity index (χ4n) is 1.98. The number of aliphatic carboxylic acids is 1. The fourth-order valence-corrected chi connectivity index (χ4v) is 1.98. The molecule has 108 valence electrons. The number of benzene rings is 1. The standard InChI is InChI=1S/C13H16N2O5/c1-19-6-10(12(16)17)15-13(18)14-9-7-20-11-5-3-2-4-8(9)11/h2-5,9-10H,6-7H2,1H3,(H,16,17)(H2,14,15,18). The molecule has 1 heterocycles. The van der Waals surface area contributed by atoms with Gasteiger partial charge in [-0.3, -0.25) is 0 Å². The largest absolute Gasteiger partial charge is 0.491 e. The van der Waals surface area contributed by atoms with Crippen LogP contribution in [0, 0.1) is 0 Å². The Morgan fingerprint density at radius 1 is 1.50 bits per heavy atom. The number of carboxylic acids is 1. The van der Waals surface area contributed by atoms with E-state index in [0.717, 1.165) is 11.3 Å². The maximum absolute atomic E-state index is 11.8. The number of para-hydroxylation sites is 1. The molecule has 7 nitrogen and oxygen atoms in total. The third kappa shape index (κ3) is 3.18. The van der Waals surface area contributed by atoms with E-state index in [9.17, 15) is 9.59 Å². The van der Waals surface area contributed by atoms with Crippen molar-refractivity contribution in [2.75, 3.05) is 20.3 Å². The van der Waals surface area contributed by atoms with Crippen LogP contribution in [-0.4, -0.2) is 43.5 Å². The van der Waals surface area contributed by atoms with Gasteiger partial charge in [0.05, 0.1) is 12.6 Å². The van der Waals surface area contributed by atoms with Crippen LogP contribution in [0.3, 0.4) is 0 Å². The van der Waals surface area contributed by atoms with E-state index in [4.69, 9.17) is 14.6 Å². The number of carbonyl (C=O) groups is 2. The molecule has 2 amide bonds. The number of urea groups is 1. The minimum absolute atomic E-state index is 0.0967. The van der Waals surface area contributed by atoms with Crippen molar-refractivity contribution < 1.29 is 24.2 Å².